The molecule has 0 saturated carbocycles. The van der Waals surface area contributed by atoms with Crippen LogP contribution in [0.3, 0.4) is 0 Å². The van der Waals surface area contributed by atoms with Gasteiger partial charge in [-0.3, -0.25) is 0 Å². The summed E-state index contributed by atoms with van der Waals surface area (Å²) in [5.41, 5.74) is 4.46. The molecule has 3 aromatic rings. The lowest BCUT2D eigenvalue weighted by atomic mass is 9.97. The molecule has 0 aliphatic heterocycles. The molecule has 0 bridgehead atoms. The van der Waals surface area contributed by atoms with Crippen molar-refractivity contribution >= 4 is 5.97 Å². The van der Waals surface area contributed by atoms with Crippen LogP contribution in [0.25, 0.3) is 11.1 Å². The molecule has 5 nitrogen and oxygen atoms in total. The van der Waals surface area contributed by atoms with Crippen LogP contribution < -0.4 is 0 Å². The molecular formula is C19H17NO4. The molecule has 5 heteroatoms. The van der Waals surface area contributed by atoms with Crippen molar-refractivity contribution in [2.24, 2.45) is 0 Å². The molecule has 1 N–H and O–H groups in total. The van der Waals surface area contributed by atoms with Crippen LogP contribution in [0.2, 0.25) is 0 Å². The predicted molar refractivity (Wildman–Crippen MR) is 88.6 cm³/mol. The average molecular weight is 323 g/mol. The summed E-state index contributed by atoms with van der Waals surface area (Å²) in [6, 6.07) is 17.7. The Morgan fingerprint density at radius 2 is 1.92 bits per heavy atom. The Morgan fingerprint density at radius 1 is 1.12 bits per heavy atom. The number of benzene rings is 2. The highest BCUT2D eigenvalue weighted by Crippen LogP contribution is 2.26. The summed E-state index contributed by atoms with van der Waals surface area (Å²) >= 11 is 0. The van der Waals surface area contributed by atoms with Crippen molar-refractivity contribution in [3.8, 4) is 11.1 Å². The first-order chi connectivity index (χ1) is 11.6. The third-order valence-electron chi connectivity index (χ3n) is 3.81. The van der Waals surface area contributed by atoms with Crippen LogP contribution in [0.15, 0.2) is 59.1 Å². The number of aromatic nitrogens is 1. The van der Waals surface area contributed by atoms with Gasteiger partial charge in [0.15, 0.2) is 11.5 Å². The fraction of sp³-hybridized carbons (Fsp3) is 0.158. The highest BCUT2D eigenvalue weighted by atomic mass is 16.5. The van der Waals surface area contributed by atoms with Crippen molar-refractivity contribution in [3.05, 3.63) is 77.2 Å². The van der Waals surface area contributed by atoms with Crippen LogP contribution in [0.5, 0.6) is 0 Å². The molecule has 0 fully saturated rings. The molecule has 0 unspecified atom stereocenters. The van der Waals surface area contributed by atoms with Gasteiger partial charge < -0.3 is 14.4 Å². The second kappa shape index (κ2) is 7.10. The van der Waals surface area contributed by atoms with E-state index in [4.69, 9.17) is 14.4 Å². The molecular weight excluding hydrogens is 306 g/mol. The summed E-state index contributed by atoms with van der Waals surface area (Å²) in [6.07, 6.45) is 0. The molecule has 0 amide bonds. The fourth-order valence-corrected chi connectivity index (χ4v) is 2.51. The minimum atomic E-state index is -1.11. The second-order valence-corrected chi connectivity index (χ2v) is 5.43. The third-order valence-corrected chi connectivity index (χ3v) is 3.81. The number of rotatable bonds is 6. The standard InChI is InChI=1S/C19H17NO4/c1-13-15(8-5-9-17(13)14-6-3-2-4-7-14)11-23-12-16-10-18(19(21)22)20-24-16/h2-10H,11-12H2,1H3,(H,21,22). The molecule has 122 valence electrons. The topological polar surface area (TPSA) is 72.6 Å². The van der Waals surface area contributed by atoms with E-state index in [9.17, 15) is 4.79 Å². The Balaban J connectivity index is 1.68. The van der Waals surface area contributed by atoms with Crippen LogP contribution in [0.4, 0.5) is 0 Å². The summed E-state index contributed by atoms with van der Waals surface area (Å²) < 4.78 is 10.6. The van der Waals surface area contributed by atoms with Gasteiger partial charge in [-0.15, -0.1) is 0 Å². The molecule has 0 aliphatic rings. The largest absolute Gasteiger partial charge is 0.476 e. The van der Waals surface area contributed by atoms with Gasteiger partial charge >= 0.3 is 5.97 Å². The Bertz CT molecular complexity index is 840. The SMILES string of the molecule is Cc1c(COCc2cc(C(=O)O)no2)cccc1-c1ccccc1. The first-order valence-electron chi connectivity index (χ1n) is 7.55. The quantitative estimate of drug-likeness (QED) is 0.740. The fourth-order valence-electron chi connectivity index (χ4n) is 2.51. The van der Waals surface area contributed by atoms with E-state index in [0.717, 1.165) is 16.7 Å². The molecule has 0 atom stereocenters. The molecule has 24 heavy (non-hydrogen) atoms. The normalized spacial score (nSPS) is 10.7. The zero-order valence-corrected chi connectivity index (χ0v) is 13.2. The number of hydrogen-bond donors (Lipinski definition) is 1. The van der Waals surface area contributed by atoms with Gasteiger partial charge in [-0.05, 0) is 29.2 Å². The van der Waals surface area contributed by atoms with Crippen molar-refractivity contribution in [1.82, 2.24) is 5.16 Å². The first-order valence-corrected chi connectivity index (χ1v) is 7.55. The number of nitrogens with zero attached hydrogens (tertiary/aromatic N) is 1. The van der Waals surface area contributed by atoms with Gasteiger partial charge in [0.05, 0.1) is 6.61 Å². The zero-order valence-electron chi connectivity index (χ0n) is 13.2. The summed E-state index contributed by atoms with van der Waals surface area (Å²) in [7, 11) is 0. The molecule has 0 aliphatic carbocycles. The highest BCUT2D eigenvalue weighted by Gasteiger charge is 2.11. The van der Waals surface area contributed by atoms with E-state index in [2.05, 4.69) is 30.3 Å². The lowest BCUT2D eigenvalue weighted by Gasteiger charge is -2.11. The van der Waals surface area contributed by atoms with Gasteiger partial charge in [-0.2, -0.15) is 0 Å². The maximum absolute atomic E-state index is 10.8. The second-order valence-electron chi connectivity index (χ2n) is 5.43. The summed E-state index contributed by atoms with van der Waals surface area (Å²) in [5, 5.41) is 12.3. The Labute approximate surface area is 139 Å². The van der Waals surface area contributed by atoms with Gasteiger partial charge in [0.1, 0.15) is 6.61 Å². The van der Waals surface area contributed by atoms with Crippen LogP contribution in [-0.4, -0.2) is 16.2 Å². The minimum Gasteiger partial charge on any atom is -0.476 e. The smallest absolute Gasteiger partial charge is 0.358 e. The summed E-state index contributed by atoms with van der Waals surface area (Å²) in [5.74, 6) is -0.722. The number of carboxylic acid groups (broad SMARTS) is 1. The van der Waals surface area contributed by atoms with Crippen LogP contribution in [-0.2, 0) is 18.0 Å². The molecule has 1 aromatic heterocycles. The van der Waals surface area contributed by atoms with Crippen molar-refractivity contribution in [2.45, 2.75) is 20.1 Å². The molecule has 3 rings (SSSR count). The molecule has 2 aromatic carbocycles. The molecule has 0 spiro atoms. The number of carboxylic acids is 1. The maximum atomic E-state index is 10.8. The average Bonchev–Trinajstić information content (AvgIpc) is 3.06. The van der Waals surface area contributed by atoms with E-state index in [0.29, 0.717) is 12.4 Å². The number of aromatic carboxylic acids is 1. The maximum Gasteiger partial charge on any atom is 0.358 e. The highest BCUT2D eigenvalue weighted by molar-refractivity contribution is 5.85. The van der Waals surface area contributed by atoms with E-state index in [-0.39, 0.29) is 12.3 Å². The van der Waals surface area contributed by atoms with E-state index in [1.165, 1.54) is 11.6 Å². The Kier molecular flexibility index (Phi) is 4.72. The monoisotopic (exact) mass is 323 g/mol. The lowest BCUT2D eigenvalue weighted by Crippen LogP contribution is -1.97. The lowest BCUT2D eigenvalue weighted by molar-refractivity contribution is 0.0683. The van der Waals surface area contributed by atoms with E-state index in [1.54, 1.807) is 0 Å². The van der Waals surface area contributed by atoms with Crippen molar-refractivity contribution < 1.29 is 19.2 Å². The van der Waals surface area contributed by atoms with Gasteiger partial charge in [0.25, 0.3) is 0 Å². The number of carbonyl (C=O) groups is 1. The van der Waals surface area contributed by atoms with E-state index >= 15 is 0 Å². The Hall–Kier alpha value is -2.92. The van der Waals surface area contributed by atoms with E-state index in [1.807, 2.05) is 30.3 Å². The van der Waals surface area contributed by atoms with Gasteiger partial charge in [-0.1, -0.05) is 53.7 Å². The van der Waals surface area contributed by atoms with Crippen molar-refractivity contribution in [3.63, 3.8) is 0 Å². The van der Waals surface area contributed by atoms with Gasteiger partial charge in [0.2, 0.25) is 0 Å². The number of ether oxygens (including phenoxy) is 1. The van der Waals surface area contributed by atoms with Crippen LogP contribution in [0.1, 0.15) is 27.4 Å². The third kappa shape index (κ3) is 3.52. The first kappa shape index (κ1) is 16.0. The van der Waals surface area contributed by atoms with Crippen molar-refractivity contribution in [2.75, 3.05) is 0 Å². The van der Waals surface area contributed by atoms with Crippen molar-refractivity contribution in [1.29, 1.82) is 0 Å². The summed E-state index contributed by atoms with van der Waals surface area (Å²) in [6.45, 7) is 2.66. The van der Waals surface area contributed by atoms with Crippen LogP contribution >= 0.6 is 0 Å². The number of hydrogen-bond acceptors (Lipinski definition) is 4. The molecule has 0 radical (unpaired) electrons. The Morgan fingerprint density at radius 3 is 2.62 bits per heavy atom. The molecule has 1 heterocycles. The predicted octanol–water partition coefficient (Wildman–Crippen LogP) is 4.07. The zero-order chi connectivity index (χ0) is 16.9. The van der Waals surface area contributed by atoms with Gasteiger partial charge in [0, 0.05) is 6.07 Å². The van der Waals surface area contributed by atoms with Gasteiger partial charge in [-0.25, -0.2) is 4.79 Å². The minimum absolute atomic E-state index is 0.115. The molecule has 0 saturated heterocycles. The van der Waals surface area contributed by atoms with E-state index < -0.39 is 5.97 Å². The summed E-state index contributed by atoms with van der Waals surface area (Å²) in [4.78, 5) is 10.8. The van der Waals surface area contributed by atoms with Crippen LogP contribution in [0, 0.1) is 6.92 Å².